The molecule has 3 heterocycles. The molecular formula is C31H24FN3O4S2. The van der Waals surface area contributed by atoms with Crippen LogP contribution in [-0.4, -0.2) is 32.1 Å². The van der Waals surface area contributed by atoms with E-state index in [1.54, 1.807) is 36.5 Å². The molecule has 1 amide bonds. The van der Waals surface area contributed by atoms with Crippen molar-refractivity contribution in [3.05, 3.63) is 96.3 Å². The van der Waals surface area contributed by atoms with Gasteiger partial charge in [-0.25, -0.2) is 17.8 Å². The maximum Gasteiger partial charge on any atom is 0.255 e. The van der Waals surface area contributed by atoms with Crippen molar-refractivity contribution in [2.45, 2.75) is 6.92 Å². The van der Waals surface area contributed by atoms with Crippen LogP contribution < -0.4 is 10.0 Å². The van der Waals surface area contributed by atoms with Crippen molar-refractivity contribution in [2.75, 3.05) is 17.5 Å². The van der Waals surface area contributed by atoms with Crippen LogP contribution in [0.25, 0.3) is 54.2 Å². The van der Waals surface area contributed by atoms with Gasteiger partial charge in [0, 0.05) is 34.3 Å². The third kappa shape index (κ3) is 5.07. The van der Waals surface area contributed by atoms with E-state index in [0.29, 0.717) is 27.8 Å². The van der Waals surface area contributed by atoms with Gasteiger partial charge >= 0.3 is 0 Å². The number of thiophene rings is 1. The molecule has 2 N–H and O–H groups in total. The summed E-state index contributed by atoms with van der Waals surface area (Å²) in [5.74, 6) is -0.715. The van der Waals surface area contributed by atoms with Crippen molar-refractivity contribution in [3.63, 3.8) is 0 Å². The molecule has 6 rings (SSSR count). The smallest absolute Gasteiger partial charge is 0.255 e. The number of hydrogen-bond donors (Lipinski definition) is 2. The number of nitrogens with one attached hydrogen (secondary N) is 2. The highest BCUT2D eigenvalue weighted by Gasteiger charge is 2.25. The molecule has 206 valence electrons. The molecule has 0 atom stereocenters. The van der Waals surface area contributed by atoms with Crippen molar-refractivity contribution in [1.29, 1.82) is 0 Å². The van der Waals surface area contributed by atoms with Gasteiger partial charge in [-0.05, 0) is 66.9 Å². The number of carbonyl (C=O) groups excluding carboxylic acids is 1. The molecule has 0 unspecified atom stereocenters. The number of amides is 1. The average Bonchev–Trinajstić information content (AvgIpc) is 3.58. The highest BCUT2D eigenvalue weighted by atomic mass is 32.2. The molecule has 0 fully saturated rings. The minimum Gasteiger partial charge on any atom is -0.455 e. The Hall–Kier alpha value is -4.54. The first kappa shape index (κ1) is 26.7. The molecule has 10 heteroatoms. The van der Waals surface area contributed by atoms with E-state index in [0.717, 1.165) is 20.7 Å². The summed E-state index contributed by atoms with van der Waals surface area (Å²) in [6, 6.07) is 24.6. The van der Waals surface area contributed by atoms with Gasteiger partial charge in [0.05, 0.1) is 33.3 Å². The van der Waals surface area contributed by atoms with E-state index < -0.39 is 21.7 Å². The molecule has 41 heavy (non-hydrogen) atoms. The third-order valence-electron chi connectivity index (χ3n) is 6.74. The van der Waals surface area contributed by atoms with Gasteiger partial charge in [-0.2, -0.15) is 0 Å². The first-order valence-corrected chi connectivity index (χ1v) is 15.3. The summed E-state index contributed by atoms with van der Waals surface area (Å²) in [6.45, 7) is 1.55. The molecular weight excluding hydrogens is 561 g/mol. The van der Waals surface area contributed by atoms with E-state index in [1.807, 2.05) is 30.3 Å². The lowest BCUT2D eigenvalue weighted by molar-refractivity contribution is 0.0964. The molecule has 3 aromatic carbocycles. The highest BCUT2D eigenvalue weighted by molar-refractivity contribution is 7.92. The lowest BCUT2D eigenvalue weighted by Crippen LogP contribution is -2.18. The Morgan fingerprint density at radius 2 is 1.73 bits per heavy atom. The van der Waals surface area contributed by atoms with Gasteiger partial charge in [0.15, 0.2) is 0 Å². The zero-order chi connectivity index (χ0) is 28.7. The summed E-state index contributed by atoms with van der Waals surface area (Å²) in [5, 5.41) is 4.22. The number of benzene rings is 3. The molecule has 0 spiro atoms. The Morgan fingerprint density at radius 3 is 2.46 bits per heavy atom. The van der Waals surface area contributed by atoms with Crippen LogP contribution in [0, 0.1) is 5.82 Å². The molecule has 0 aliphatic heterocycles. The standard InChI is InChI=1S/C31H24FN3O4S2/c1-3-41(37,38)35-25-17-26-22(29(31(36)33-2)30(39-26)18-11-13-20(32)14-12-18)16-21(25)23-8-6-9-24(34-23)28-15-19-7-4-5-10-27(19)40-28/h4-17,35H,3H2,1-2H3,(H,33,36). The Kier molecular flexibility index (Phi) is 6.80. The predicted molar refractivity (Wildman–Crippen MR) is 162 cm³/mol. The number of hydrogen-bond acceptors (Lipinski definition) is 6. The first-order valence-electron chi connectivity index (χ1n) is 12.8. The lowest BCUT2D eigenvalue weighted by Gasteiger charge is -2.13. The van der Waals surface area contributed by atoms with Crippen LogP contribution >= 0.6 is 11.3 Å². The minimum atomic E-state index is -3.67. The second kappa shape index (κ2) is 10.5. The summed E-state index contributed by atoms with van der Waals surface area (Å²) < 4.78 is 48.9. The Labute approximate surface area is 239 Å². The molecule has 0 saturated carbocycles. The van der Waals surface area contributed by atoms with Crippen LogP contribution in [0.3, 0.4) is 0 Å². The molecule has 7 nitrogen and oxygen atoms in total. The summed E-state index contributed by atoms with van der Waals surface area (Å²) >= 11 is 1.62. The topological polar surface area (TPSA) is 101 Å². The van der Waals surface area contributed by atoms with E-state index in [2.05, 4.69) is 22.2 Å². The van der Waals surface area contributed by atoms with Gasteiger partial charge in [-0.3, -0.25) is 9.52 Å². The zero-order valence-electron chi connectivity index (χ0n) is 22.1. The van der Waals surface area contributed by atoms with Gasteiger partial charge in [-0.1, -0.05) is 24.3 Å². The fourth-order valence-electron chi connectivity index (χ4n) is 4.66. The number of carbonyl (C=O) groups is 1. The lowest BCUT2D eigenvalue weighted by atomic mass is 10.0. The second-order valence-electron chi connectivity index (χ2n) is 9.35. The van der Waals surface area contributed by atoms with E-state index in [-0.39, 0.29) is 22.8 Å². The van der Waals surface area contributed by atoms with Gasteiger partial charge in [-0.15, -0.1) is 11.3 Å². The SMILES string of the molecule is CCS(=O)(=O)Nc1cc2oc(-c3ccc(F)cc3)c(C(=O)NC)c2cc1-c1cccc(-c2cc3ccccc3s2)n1. The number of furan rings is 1. The Balaban J connectivity index is 1.58. The summed E-state index contributed by atoms with van der Waals surface area (Å²) in [4.78, 5) is 19.0. The number of anilines is 1. The number of fused-ring (bicyclic) bond motifs is 2. The largest absolute Gasteiger partial charge is 0.455 e. The van der Waals surface area contributed by atoms with E-state index in [4.69, 9.17) is 9.40 Å². The van der Waals surface area contributed by atoms with Crippen molar-refractivity contribution in [2.24, 2.45) is 0 Å². The Bertz CT molecular complexity index is 2010. The number of pyridine rings is 1. The van der Waals surface area contributed by atoms with Crippen LogP contribution in [0.1, 0.15) is 17.3 Å². The maximum absolute atomic E-state index is 13.7. The van der Waals surface area contributed by atoms with Crippen LogP contribution in [0.15, 0.2) is 89.3 Å². The van der Waals surface area contributed by atoms with Crippen LogP contribution in [0.2, 0.25) is 0 Å². The molecule has 0 bridgehead atoms. The van der Waals surface area contributed by atoms with E-state index >= 15 is 0 Å². The number of rotatable bonds is 7. The van der Waals surface area contributed by atoms with Gasteiger partial charge < -0.3 is 9.73 Å². The third-order valence-corrected chi connectivity index (χ3v) is 9.17. The molecule has 0 radical (unpaired) electrons. The van der Waals surface area contributed by atoms with Gasteiger partial charge in [0.2, 0.25) is 10.0 Å². The van der Waals surface area contributed by atoms with Crippen molar-refractivity contribution < 1.29 is 22.0 Å². The number of aromatic nitrogens is 1. The summed E-state index contributed by atoms with van der Waals surface area (Å²) in [7, 11) is -2.16. The van der Waals surface area contributed by atoms with Gasteiger partial charge in [0.25, 0.3) is 5.91 Å². The van der Waals surface area contributed by atoms with Crippen molar-refractivity contribution >= 4 is 54.0 Å². The minimum absolute atomic E-state index is 0.137. The fourth-order valence-corrected chi connectivity index (χ4v) is 6.34. The normalized spacial score (nSPS) is 11.7. The van der Waals surface area contributed by atoms with Crippen LogP contribution in [0.4, 0.5) is 10.1 Å². The van der Waals surface area contributed by atoms with Crippen LogP contribution in [-0.2, 0) is 10.0 Å². The Morgan fingerprint density at radius 1 is 0.976 bits per heavy atom. The predicted octanol–water partition coefficient (Wildman–Crippen LogP) is 7.30. The maximum atomic E-state index is 13.7. The summed E-state index contributed by atoms with van der Waals surface area (Å²) in [5.41, 5.74) is 3.05. The molecule has 6 aromatic rings. The average molecular weight is 586 g/mol. The number of halogens is 1. The van der Waals surface area contributed by atoms with Crippen molar-refractivity contribution in [3.8, 4) is 33.2 Å². The van der Waals surface area contributed by atoms with E-state index in [9.17, 15) is 17.6 Å². The molecule has 0 aliphatic carbocycles. The van der Waals surface area contributed by atoms with Crippen LogP contribution in [0.5, 0.6) is 0 Å². The van der Waals surface area contributed by atoms with Crippen molar-refractivity contribution in [1.82, 2.24) is 10.3 Å². The fraction of sp³-hybridized carbons (Fsp3) is 0.0968. The summed E-state index contributed by atoms with van der Waals surface area (Å²) in [6.07, 6.45) is 0. The van der Waals surface area contributed by atoms with E-state index in [1.165, 1.54) is 31.3 Å². The quantitative estimate of drug-likeness (QED) is 0.205. The molecule has 3 aromatic heterocycles. The first-order chi connectivity index (χ1) is 19.8. The number of nitrogens with zero attached hydrogens (tertiary/aromatic N) is 1. The number of sulfonamides is 1. The highest BCUT2D eigenvalue weighted by Crippen LogP contribution is 2.40. The van der Waals surface area contributed by atoms with Gasteiger partial charge in [0.1, 0.15) is 17.2 Å². The molecule has 0 aliphatic rings. The molecule has 0 saturated heterocycles. The zero-order valence-corrected chi connectivity index (χ0v) is 23.7. The monoisotopic (exact) mass is 585 g/mol. The second-order valence-corrected chi connectivity index (χ2v) is 12.4.